The summed E-state index contributed by atoms with van der Waals surface area (Å²) in [5.41, 5.74) is 1.36. The Morgan fingerprint density at radius 3 is 2.38 bits per heavy atom. The third-order valence-corrected chi connectivity index (χ3v) is 4.40. The van der Waals surface area contributed by atoms with Crippen LogP contribution >= 0.6 is 0 Å². The molecule has 0 N–H and O–H groups in total. The van der Waals surface area contributed by atoms with Gasteiger partial charge in [0.25, 0.3) is 0 Å². The van der Waals surface area contributed by atoms with Crippen LogP contribution in [-0.4, -0.2) is 50.5 Å². The van der Waals surface area contributed by atoms with E-state index in [1.807, 2.05) is 6.07 Å². The van der Waals surface area contributed by atoms with Crippen molar-refractivity contribution in [2.24, 2.45) is 0 Å². The zero-order chi connectivity index (χ0) is 17.7. The first-order valence-electron chi connectivity index (χ1n) is 8.98. The summed E-state index contributed by atoms with van der Waals surface area (Å²) < 4.78 is 17.2. The second-order valence-electron chi connectivity index (χ2n) is 7.83. The van der Waals surface area contributed by atoms with Crippen LogP contribution in [0, 0.1) is 0 Å². The molecule has 1 fully saturated rings. The number of morpholine rings is 1. The van der Waals surface area contributed by atoms with Crippen LogP contribution in [0.2, 0.25) is 0 Å². The summed E-state index contributed by atoms with van der Waals surface area (Å²) in [6, 6.07) is 6.24. The number of nitrogens with zero attached hydrogens (tertiary/aromatic N) is 1. The summed E-state index contributed by atoms with van der Waals surface area (Å²) in [5, 5.41) is 0. The van der Waals surface area contributed by atoms with Gasteiger partial charge in [0, 0.05) is 19.6 Å². The van der Waals surface area contributed by atoms with Crippen molar-refractivity contribution in [3.8, 4) is 11.5 Å². The normalized spacial score (nSPS) is 22.4. The minimum absolute atomic E-state index is 0.107. The Bertz CT molecular complexity index is 514. The van der Waals surface area contributed by atoms with Crippen LogP contribution < -0.4 is 9.47 Å². The molecule has 4 nitrogen and oxygen atoms in total. The summed E-state index contributed by atoms with van der Waals surface area (Å²) in [4.78, 5) is 2.46. The van der Waals surface area contributed by atoms with Crippen LogP contribution in [0.5, 0.6) is 11.5 Å². The van der Waals surface area contributed by atoms with Crippen LogP contribution in [0.4, 0.5) is 0 Å². The minimum atomic E-state index is 0.107. The molecule has 4 heteroatoms. The molecule has 24 heavy (non-hydrogen) atoms. The minimum Gasteiger partial charge on any atom is -0.493 e. The average molecular weight is 335 g/mol. The molecule has 0 spiro atoms. The summed E-state index contributed by atoms with van der Waals surface area (Å²) in [5.74, 6) is 1.64. The molecule has 1 heterocycles. The molecule has 136 valence electrons. The van der Waals surface area contributed by atoms with Gasteiger partial charge in [-0.1, -0.05) is 26.8 Å². The van der Waals surface area contributed by atoms with Gasteiger partial charge < -0.3 is 14.2 Å². The predicted molar refractivity (Wildman–Crippen MR) is 98.3 cm³/mol. The van der Waals surface area contributed by atoms with Gasteiger partial charge in [-0.15, -0.1) is 0 Å². The monoisotopic (exact) mass is 335 g/mol. The van der Waals surface area contributed by atoms with E-state index >= 15 is 0 Å². The maximum atomic E-state index is 5.96. The molecule has 1 aliphatic heterocycles. The topological polar surface area (TPSA) is 30.9 Å². The standard InChI is InChI=1S/C20H33NO3/c1-15-13-21(14-16(2)24-15)10-7-11-23-18-9-8-17(20(3,4)5)12-19(18)22-6/h8-9,12,15-16H,7,10-11,13-14H2,1-6H3. The molecule has 2 rings (SSSR count). The lowest BCUT2D eigenvalue weighted by Gasteiger charge is -2.35. The van der Waals surface area contributed by atoms with Gasteiger partial charge in [0.15, 0.2) is 11.5 Å². The van der Waals surface area contributed by atoms with Crippen molar-refractivity contribution in [1.82, 2.24) is 4.90 Å². The molecular weight excluding hydrogens is 302 g/mol. The Hall–Kier alpha value is -1.26. The highest BCUT2D eigenvalue weighted by Gasteiger charge is 2.21. The predicted octanol–water partition coefficient (Wildman–Crippen LogP) is 3.87. The van der Waals surface area contributed by atoms with Crippen molar-refractivity contribution in [1.29, 1.82) is 0 Å². The van der Waals surface area contributed by atoms with Crippen molar-refractivity contribution in [3.05, 3.63) is 23.8 Å². The first kappa shape index (κ1) is 19.1. The van der Waals surface area contributed by atoms with Gasteiger partial charge in [0.1, 0.15) is 0 Å². The van der Waals surface area contributed by atoms with Crippen molar-refractivity contribution in [2.45, 2.75) is 58.7 Å². The number of methoxy groups -OCH3 is 1. The lowest BCUT2D eigenvalue weighted by atomic mass is 9.87. The fourth-order valence-corrected chi connectivity index (χ4v) is 3.19. The van der Waals surface area contributed by atoms with E-state index in [4.69, 9.17) is 14.2 Å². The first-order chi connectivity index (χ1) is 11.3. The van der Waals surface area contributed by atoms with Gasteiger partial charge in [0.05, 0.1) is 25.9 Å². The summed E-state index contributed by atoms with van der Waals surface area (Å²) >= 11 is 0. The SMILES string of the molecule is COc1cc(C(C)(C)C)ccc1OCCCN1CC(C)OC(C)C1. The van der Waals surface area contributed by atoms with E-state index in [9.17, 15) is 0 Å². The number of rotatable bonds is 6. The summed E-state index contributed by atoms with van der Waals surface area (Å²) in [6.07, 6.45) is 1.64. The van der Waals surface area contributed by atoms with Crippen molar-refractivity contribution in [2.75, 3.05) is 33.4 Å². The average Bonchev–Trinajstić information content (AvgIpc) is 2.49. The molecule has 2 unspecified atom stereocenters. The van der Waals surface area contributed by atoms with E-state index in [-0.39, 0.29) is 5.41 Å². The summed E-state index contributed by atoms with van der Waals surface area (Å²) in [7, 11) is 1.70. The van der Waals surface area contributed by atoms with E-state index in [0.717, 1.165) is 37.6 Å². The second-order valence-corrected chi connectivity index (χ2v) is 7.83. The zero-order valence-corrected chi connectivity index (χ0v) is 16.1. The fraction of sp³-hybridized carbons (Fsp3) is 0.700. The molecular formula is C20H33NO3. The maximum absolute atomic E-state index is 5.96. The van der Waals surface area contributed by atoms with Gasteiger partial charge >= 0.3 is 0 Å². The Labute approximate surface area is 147 Å². The Morgan fingerprint density at radius 1 is 1.12 bits per heavy atom. The van der Waals surface area contributed by atoms with Gasteiger partial charge in [-0.25, -0.2) is 0 Å². The molecule has 0 radical (unpaired) electrons. The van der Waals surface area contributed by atoms with Crippen molar-refractivity contribution < 1.29 is 14.2 Å². The third-order valence-electron chi connectivity index (χ3n) is 4.40. The van der Waals surface area contributed by atoms with Crippen molar-refractivity contribution >= 4 is 0 Å². The number of benzene rings is 1. The highest BCUT2D eigenvalue weighted by Crippen LogP contribution is 2.33. The van der Waals surface area contributed by atoms with Crippen LogP contribution in [-0.2, 0) is 10.2 Å². The quantitative estimate of drug-likeness (QED) is 0.739. The molecule has 2 atom stereocenters. The molecule has 0 bridgehead atoms. The second kappa shape index (κ2) is 8.21. The number of ether oxygens (including phenoxy) is 3. The molecule has 1 aliphatic rings. The van der Waals surface area contributed by atoms with E-state index in [1.165, 1.54) is 5.56 Å². The van der Waals surface area contributed by atoms with E-state index < -0.39 is 0 Å². The molecule has 0 aliphatic carbocycles. The number of hydrogen-bond donors (Lipinski definition) is 0. The molecule has 1 aromatic carbocycles. The molecule has 1 aromatic rings. The van der Waals surface area contributed by atoms with Gasteiger partial charge in [0.2, 0.25) is 0 Å². The van der Waals surface area contributed by atoms with Crippen molar-refractivity contribution in [3.63, 3.8) is 0 Å². The lowest BCUT2D eigenvalue weighted by Crippen LogP contribution is -2.45. The third kappa shape index (κ3) is 5.38. The highest BCUT2D eigenvalue weighted by atomic mass is 16.5. The van der Waals surface area contributed by atoms with Gasteiger partial charge in [-0.2, -0.15) is 0 Å². The Kier molecular flexibility index (Phi) is 6.53. The van der Waals surface area contributed by atoms with Crippen LogP contribution in [0.15, 0.2) is 18.2 Å². The van der Waals surface area contributed by atoms with Gasteiger partial charge in [-0.3, -0.25) is 4.90 Å². The lowest BCUT2D eigenvalue weighted by molar-refractivity contribution is -0.0686. The van der Waals surface area contributed by atoms with E-state index in [1.54, 1.807) is 7.11 Å². The fourth-order valence-electron chi connectivity index (χ4n) is 3.19. The van der Waals surface area contributed by atoms with Crippen LogP contribution in [0.1, 0.15) is 46.6 Å². The summed E-state index contributed by atoms with van der Waals surface area (Å²) in [6.45, 7) is 14.6. The Balaban J connectivity index is 1.84. The molecule has 0 amide bonds. The highest BCUT2D eigenvalue weighted by molar-refractivity contribution is 5.44. The first-order valence-corrected chi connectivity index (χ1v) is 8.98. The van der Waals surface area contributed by atoms with Crippen LogP contribution in [0.3, 0.4) is 0 Å². The van der Waals surface area contributed by atoms with E-state index in [0.29, 0.717) is 18.8 Å². The molecule has 0 aromatic heterocycles. The zero-order valence-electron chi connectivity index (χ0n) is 16.1. The molecule has 0 saturated carbocycles. The van der Waals surface area contributed by atoms with Gasteiger partial charge in [-0.05, 0) is 43.4 Å². The maximum Gasteiger partial charge on any atom is 0.161 e. The largest absolute Gasteiger partial charge is 0.493 e. The smallest absolute Gasteiger partial charge is 0.161 e. The number of hydrogen-bond acceptors (Lipinski definition) is 4. The molecule has 1 saturated heterocycles. The van der Waals surface area contributed by atoms with Crippen LogP contribution in [0.25, 0.3) is 0 Å². The Morgan fingerprint density at radius 2 is 1.79 bits per heavy atom. The van der Waals surface area contributed by atoms with E-state index in [2.05, 4.69) is 51.7 Å².